The molecular formula is C22H19FN4O2S. The van der Waals surface area contributed by atoms with Crippen molar-refractivity contribution in [3.8, 4) is 17.0 Å². The predicted molar refractivity (Wildman–Crippen MR) is 114 cm³/mol. The summed E-state index contributed by atoms with van der Waals surface area (Å²) in [5, 5.41) is 7.72. The number of aromatic nitrogens is 3. The molecule has 0 aliphatic carbocycles. The third-order valence-corrected chi connectivity index (χ3v) is 5.16. The summed E-state index contributed by atoms with van der Waals surface area (Å²) in [6, 6.07) is 15.7. The summed E-state index contributed by atoms with van der Waals surface area (Å²) in [5.74, 6) is 0.730. The van der Waals surface area contributed by atoms with Crippen molar-refractivity contribution in [1.82, 2.24) is 14.8 Å². The highest BCUT2D eigenvalue weighted by Crippen LogP contribution is 2.26. The number of nitrogens with one attached hydrogen (secondary N) is 1. The maximum absolute atomic E-state index is 13.1. The second-order valence-corrected chi connectivity index (χ2v) is 7.68. The Bertz CT molecular complexity index is 1170. The molecule has 152 valence electrons. The molecule has 8 heteroatoms. The minimum Gasteiger partial charge on any atom is -0.431 e. The molecule has 1 N–H and O–H groups in total. The van der Waals surface area contributed by atoms with Crippen molar-refractivity contribution in [2.45, 2.75) is 19.1 Å². The van der Waals surface area contributed by atoms with Crippen molar-refractivity contribution >= 4 is 23.5 Å². The van der Waals surface area contributed by atoms with Gasteiger partial charge in [0, 0.05) is 11.6 Å². The molecule has 0 bridgehead atoms. The molecule has 4 aromatic rings. The third kappa shape index (κ3) is 4.60. The fourth-order valence-corrected chi connectivity index (χ4v) is 3.45. The van der Waals surface area contributed by atoms with E-state index in [1.807, 2.05) is 44.2 Å². The summed E-state index contributed by atoms with van der Waals surface area (Å²) in [7, 11) is 0. The van der Waals surface area contributed by atoms with Crippen LogP contribution in [0.1, 0.15) is 11.3 Å². The van der Waals surface area contributed by atoms with Gasteiger partial charge in [-0.25, -0.2) is 14.1 Å². The standard InChI is InChI=1S/C22H19FN4O2S/c1-14-3-9-18(10-4-14)27-20(11-15(2)26-27)25-21(28)13-30-22-24-12-19(29-22)16-5-7-17(23)8-6-16/h3-12H,13H2,1-2H3,(H,25,28). The van der Waals surface area contributed by atoms with E-state index in [2.05, 4.69) is 15.4 Å². The summed E-state index contributed by atoms with van der Waals surface area (Å²) in [5.41, 5.74) is 3.54. The van der Waals surface area contributed by atoms with E-state index in [1.54, 1.807) is 23.0 Å². The number of carbonyl (C=O) groups is 1. The van der Waals surface area contributed by atoms with Gasteiger partial charge in [-0.1, -0.05) is 29.5 Å². The Labute approximate surface area is 177 Å². The first-order valence-electron chi connectivity index (χ1n) is 9.26. The number of thioether (sulfide) groups is 1. The largest absolute Gasteiger partial charge is 0.431 e. The number of amides is 1. The van der Waals surface area contributed by atoms with Gasteiger partial charge in [0.2, 0.25) is 5.91 Å². The van der Waals surface area contributed by atoms with Crippen LogP contribution in [0.25, 0.3) is 17.0 Å². The van der Waals surface area contributed by atoms with Gasteiger partial charge in [-0.3, -0.25) is 4.79 Å². The molecular weight excluding hydrogens is 403 g/mol. The smallest absolute Gasteiger partial charge is 0.256 e. The number of anilines is 1. The highest BCUT2D eigenvalue weighted by atomic mass is 32.2. The molecule has 0 atom stereocenters. The lowest BCUT2D eigenvalue weighted by molar-refractivity contribution is -0.113. The monoisotopic (exact) mass is 422 g/mol. The number of aryl methyl sites for hydroxylation is 2. The van der Waals surface area contributed by atoms with Crippen molar-refractivity contribution in [3.63, 3.8) is 0 Å². The van der Waals surface area contributed by atoms with Gasteiger partial charge in [0.1, 0.15) is 11.6 Å². The summed E-state index contributed by atoms with van der Waals surface area (Å²) >= 11 is 1.18. The fourth-order valence-electron chi connectivity index (χ4n) is 2.85. The highest BCUT2D eigenvalue weighted by molar-refractivity contribution is 7.99. The molecule has 0 spiro atoms. The molecule has 4 rings (SSSR count). The second-order valence-electron chi connectivity index (χ2n) is 6.75. The lowest BCUT2D eigenvalue weighted by Crippen LogP contribution is -2.17. The third-order valence-electron chi connectivity index (χ3n) is 4.32. The number of hydrogen-bond acceptors (Lipinski definition) is 5. The zero-order valence-electron chi connectivity index (χ0n) is 16.4. The molecule has 0 saturated heterocycles. The Balaban J connectivity index is 1.40. The predicted octanol–water partition coefficient (Wildman–Crippen LogP) is 5.01. The number of carbonyl (C=O) groups excluding carboxylic acids is 1. The van der Waals surface area contributed by atoms with E-state index in [1.165, 1.54) is 23.9 Å². The van der Waals surface area contributed by atoms with Crippen LogP contribution in [0.15, 0.2) is 70.4 Å². The Morgan fingerprint density at radius 1 is 1.13 bits per heavy atom. The number of nitrogens with zero attached hydrogens (tertiary/aromatic N) is 3. The van der Waals surface area contributed by atoms with Crippen molar-refractivity contribution < 1.29 is 13.6 Å². The molecule has 2 aromatic carbocycles. The van der Waals surface area contributed by atoms with Gasteiger partial charge in [-0.15, -0.1) is 0 Å². The van der Waals surface area contributed by atoms with E-state index in [0.717, 1.165) is 22.5 Å². The molecule has 0 unspecified atom stereocenters. The number of oxazole rings is 1. The van der Waals surface area contributed by atoms with Gasteiger partial charge in [-0.2, -0.15) is 5.10 Å². The Morgan fingerprint density at radius 2 is 1.87 bits per heavy atom. The molecule has 0 saturated carbocycles. The zero-order valence-corrected chi connectivity index (χ0v) is 17.2. The van der Waals surface area contributed by atoms with Gasteiger partial charge in [0.15, 0.2) is 5.76 Å². The minimum absolute atomic E-state index is 0.126. The van der Waals surface area contributed by atoms with Crippen LogP contribution in [0, 0.1) is 19.7 Å². The molecule has 30 heavy (non-hydrogen) atoms. The van der Waals surface area contributed by atoms with Gasteiger partial charge in [0.25, 0.3) is 5.22 Å². The van der Waals surface area contributed by atoms with Crippen molar-refractivity contribution in [1.29, 1.82) is 0 Å². The van der Waals surface area contributed by atoms with Gasteiger partial charge in [0.05, 0.1) is 23.3 Å². The Hall–Kier alpha value is -3.39. The van der Waals surface area contributed by atoms with Crippen LogP contribution in [0.3, 0.4) is 0 Å². The fraction of sp³-hybridized carbons (Fsp3) is 0.136. The first kappa shape index (κ1) is 19.9. The molecule has 6 nitrogen and oxygen atoms in total. The summed E-state index contributed by atoms with van der Waals surface area (Å²) in [4.78, 5) is 16.6. The van der Waals surface area contributed by atoms with E-state index in [9.17, 15) is 9.18 Å². The number of benzene rings is 2. The average molecular weight is 422 g/mol. The quantitative estimate of drug-likeness (QED) is 0.442. The van der Waals surface area contributed by atoms with Crippen LogP contribution < -0.4 is 5.32 Å². The van der Waals surface area contributed by atoms with E-state index < -0.39 is 0 Å². The van der Waals surface area contributed by atoms with E-state index in [0.29, 0.717) is 16.8 Å². The van der Waals surface area contributed by atoms with Crippen molar-refractivity contribution in [2.75, 3.05) is 11.1 Å². The van der Waals surface area contributed by atoms with E-state index in [4.69, 9.17) is 4.42 Å². The maximum atomic E-state index is 13.1. The van der Waals surface area contributed by atoms with E-state index in [-0.39, 0.29) is 17.5 Å². The highest BCUT2D eigenvalue weighted by Gasteiger charge is 2.13. The Kier molecular flexibility index (Phi) is 5.67. The molecule has 0 fully saturated rings. The molecule has 0 aliphatic rings. The first-order chi connectivity index (χ1) is 14.5. The van der Waals surface area contributed by atoms with Crippen molar-refractivity contribution in [3.05, 3.63) is 77.9 Å². The van der Waals surface area contributed by atoms with Crippen LogP contribution >= 0.6 is 11.8 Å². The van der Waals surface area contributed by atoms with Crippen LogP contribution in [0.5, 0.6) is 0 Å². The SMILES string of the molecule is Cc1ccc(-n2nc(C)cc2NC(=O)CSc2ncc(-c3ccc(F)cc3)o2)cc1. The lowest BCUT2D eigenvalue weighted by Gasteiger charge is -2.08. The summed E-state index contributed by atoms with van der Waals surface area (Å²) < 4.78 is 20.4. The zero-order chi connectivity index (χ0) is 21.1. The number of hydrogen-bond donors (Lipinski definition) is 1. The molecule has 1 amide bonds. The first-order valence-corrected chi connectivity index (χ1v) is 10.2. The number of rotatable bonds is 6. The van der Waals surface area contributed by atoms with Gasteiger partial charge < -0.3 is 9.73 Å². The molecule has 2 heterocycles. The van der Waals surface area contributed by atoms with Crippen LogP contribution in [-0.4, -0.2) is 26.4 Å². The van der Waals surface area contributed by atoms with Crippen LogP contribution in [0.2, 0.25) is 0 Å². The minimum atomic E-state index is -0.315. The summed E-state index contributed by atoms with van der Waals surface area (Å²) in [6.45, 7) is 3.89. The molecule has 0 radical (unpaired) electrons. The summed E-state index contributed by atoms with van der Waals surface area (Å²) in [6.07, 6.45) is 1.56. The van der Waals surface area contributed by atoms with Crippen molar-refractivity contribution in [2.24, 2.45) is 0 Å². The number of halogens is 1. The van der Waals surface area contributed by atoms with Crippen LogP contribution in [-0.2, 0) is 4.79 Å². The van der Waals surface area contributed by atoms with E-state index >= 15 is 0 Å². The second kappa shape index (κ2) is 8.54. The Morgan fingerprint density at radius 3 is 2.60 bits per heavy atom. The molecule has 0 aliphatic heterocycles. The lowest BCUT2D eigenvalue weighted by atomic mass is 10.2. The van der Waals surface area contributed by atoms with Gasteiger partial charge in [-0.05, 0) is 50.2 Å². The van der Waals surface area contributed by atoms with Gasteiger partial charge >= 0.3 is 0 Å². The average Bonchev–Trinajstić information content (AvgIpc) is 3.34. The maximum Gasteiger partial charge on any atom is 0.256 e. The van der Waals surface area contributed by atoms with Crippen LogP contribution in [0.4, 0.5) is 10.2 Å². The topological polar surface area (TPSA) is 73.0 Å². The normalized spacial score (nSPS) is 10.9. The molecule has 2 aromatic heterocycles.